The van der Waals surface area contributed by atoms with Gasteiger partial charge in [0.2, 0.25) is 10.0 Å². The predicted molar refractivity (Wildman–Crippen MR) is 74.1 cm³/mol. The minimum atomic E-state index is -4.49. The third-order valence-electron chi connectivity index (χ3n) is 4.39. The Bertz CT molecular complexity index is 527. The molecular formula is C11H23NO5S2. The van der Waals surface area contributed by atoms with Crippen molar-refractivity contribution >= 4 is 20.1 Å². The van der Waals surface area contributed by atoms with Gasteiger partial charge in [-0.25, -0.2) is 12.7 Å². The van der Waals surface area contributed by atoms with Crippen LogP contribution in [0.2, 0.25) is 0 Å². The maximum Gasteiger partial charge on any atom is 0.271 e. The van der Waals surface area contributed by atoms with Gasteiger partial charge in [0, 0.05) is 13.1 Å². The first kappa shape index (κ1) is 16.9. The van der Waals surface area contributed by atoms with E-state index in [-0.39, 0.29) is 0 Å². The average molecular weight is 313 g/mol. The zero-order chi connectivity index (χ0) is 15.1. The Morgan fingerprint density at radius 3 is 1.63 bits per heavy atom. The summed E-state index contributed by atoms with van der Waals surface area (Å²) in [5.74, 6) is 0. The quantitative estimate of drug-likeness (QED) is 0.789. The molecule has 0 atom stereocenters. The SMILES string of the molecule is CC(C)(C(C)(C)S(=O)(=O)N1CCCCC1)S(=O)(=O)O. The summed E-state index contributed by atoms with van der Waals surface area (Å²) in [6, 6.07) is 0. The summed E-state index contributed by atoms with van der Waals surface area (Å²) >= 11 is 0. The molecule has 1 N–H and O–H groups in total. The van der Waals surface area contributed by atoms with Crippen LogP contribution >= 0.6 is 0 Å². The first-order valence-electron chi connectivity index (χ1n) is 6.32. The molecule has 0 bridgehead atoms. The number of hydrogen-bond acceptors (Lipinski definition) is 4. The van der Waals surface area contributed by atoms with Crippen LogP contribution in [0.1, 0.15) is 47.0 Å². The number of piperidine rings is 1. The molecule has 1 fully saturated rings. The molecule has 0 aliphatic carbocycles. The molecule has 1 saturated heterocycles. The molecule has 114 valence electrons. The lowest BCUT2D eigenvalue weighted by Gasteiger charge is -2.42. The Morgan fingerprint density at radius 1 is 0.842 bits per heavy atom. The summed E-state index contributed by atoms with van der Waals surface area (Å²) in [4.78, 5) is 0. The minimum Gasteiger partial charge on any atom is -0.285 e. The Hall–Kier alpha value is -0.180. The van der Waals surface area contributed by atoms with Crippen LogP contribution in [-0.2, 0) is 20.1 Å². The molecule has 0 spiro atoms. The molecular weight excluding hydrogens is 290 g/mol. The van der Waals surface area contributed by atoms with Crippen molar-refractivity contribution in [3.8, 4) is 0 Å². The van der Waals surface area contributed by atoms with Gasteiger partial charge >= 0.3 is 0 Å². The van der Waals surface area contributed by atoms with Gasteiger partial charge in [-0.1, -0.05) is 6.42 Å². The third-order valence-corrected chi connectivity index (χ3v) is 9.17. The van der Waals surface area contributed by atoms with Gasteiger partial charge in [0.05, 0.1) is 0 Å². The summed E-state index contributed by atoms with van der Waals surface area (Å²) in [6.45, 7) is 6.00. The van der Waals surface area contributed by atoms with Gasteiger partial charge in [-0.05, 0) is 40.5 Å². The highest BCUT2D eigenvalue weighted by Gasteiger charge is 2.56. The standard InChI is InChI=1S/C11H23NO5S2/c1-10(2,11(3,4)19(15,16)17)18(13,14)12-8-6-5-7-9-12/h5-9H2,1-4H3,(H,15,16,17). The second-order valence-electron chi connectivity index (χ2n) is 5.96. The van der Waals surface area contributed by atoms with Crippen LogP contribution in [0.5, 0.6) is 0 Å². The Morgan fingerprint density at radius 2 is 1.26 bits per heavy atom. The zero-order valence-electron chi connectivity index (χ0n) is 11.9. The fourth-order valence-electron chi connectivity index (χ4n) is 2.05. The van der Waals surface area contributed by atoms with Crippen LogP contribution in [-0.4, -0.2) is 48.3 Å². The molecule has 1 aliphatic rings. The molecule has 1 rings (SSSR count). The van der Waals surface area contributed by atoms with Crippen LogP contribution in [0.15, 0.2) is 0 Å². The Labute approximate surface area is 116 Å². The van der Waals surface area contributed by atoms with E-state index in [1.54, 1.807) is 0 Å². The van der Waals surface area contributed by atoms with Crippen LogP contribution in [0.4, 0.5) is 0 Å². The highest BCUT2D eigenvalue weighted by atomic mass is 32.2. The monoisotopic (exact) mass is 313 g/mol. The van der Waals surface area contributed by atoms with E-state index in [0.717, 1.165) is 19.3 Å². The van der Waals surface area contributed by atoms with E-state index in [1.165, 1.54) is 32.0 Å². The predicted octanol–water partition coefficient (Wildman–Crippen LogP) is 1.25. The molecule has 8 heteroatoms. The molecule has 6 nitrogen and oxygen atoms in total. The molecule has 0 saturated carbocycles. The largest absolute Gasteiger partial charge is 0.285 e. The van der Waals surface area contributed by atoms with E-state index in [4.69, 9.17) is 0 Å². The van der Waals surface area contributed by atoms with Gasteiger partial charge in [-0.15, -0.1) is 0 Å². The summed E-state index contributed by atoms with van der Waals surface area (Å²) < 4.78 is 55.6. The zero-order valence-corrected chi connectivity index (χ0v) is 13.5. The van der Waals surface area contributed by atoms with Gasteiger partial charge in [0.1, 0.15) is 9.49 Å². The molecule has 0 aromatic rings. The van der Waals surface area contributed by atoms with Crippen LogP contribution in [0.25, 0.3) is 0 Å². The van der Waals surface area contributed by atoms with E-state index < -0.39 is 29.6 Å². The van der Waals surface area contributed by atoms with Gasteiger partial charge in [0.15, 0.2) is 0 Å². The van der Waals surface area contributed by atoms with Gasteiger partial charge in [-0.3, -0.25) is 4.55 Å². The molecule has 0 unspecified atom stereocenters. The van der Waals surface area contributed by atoms with Crippen molar-refractivity contribution < 1.29 is 21.4 Å². The Kier molecular flexibility index (Phi) is 4.42. The molecule has 0 aromatic carbocycles. The maximum absolute atomic E-state index is 12.7. The number of nitrogens with zero attached hydrogens (tertiary/aromatic N) is 1. The van der Waals surface area contributed by atoms with E-state index in [2.05, 4.69) is 0 Å². The first-order valence-corrected chi connectivity index (χ1v) is 9.20. The van der Waals surface area contributed by atoms with Crippen molar-refractivity contribution in [3.05, 3.63) is 0 Å². The molecule has 0 radical (unpaired) electrons. The average Bonchev–Trinajstić information content (AvgIpc) is 2.28. The van der Waals surface area contributed by atoms with Crippen LogP contribution in [0, 0.1) is 0 Å². The molecule has 1 aliphatic heterocycles. The smallest absolute Gasteiger partial charge is 0.271 e. The molecule has 0 amide bonds. The number of hydrogen-bond donors (Lipinski definition) is 1. The van der Waals surface area contributed by atoms with E-state index in [9.17, 15) is 21.4 Å². The first-order chi connectivity index (χ1) is 8.36. The normalized spacial score (nSPS) is 20.5. The van der Waals surface area contributed by atoms with E-state index >= 15 is 0 Å². The summed E-state index contributed by atoms with van der Waals surface area (Å²) in [5, 5.41) is 0. The lowest BCUT2D eigenvalue weighted by molar-refractivity contribution is 0.320. The second-order valence-corrected chi connectivity index (χ2v) is 10.4. The van der Waals surface area contributed by atoms with Crippen molar-refractivity contribution in [1.82, 2.24) is 4.31 Å². The van der Waals surface area contributed by atoms with E-state index in [0.29, 0.717) is 13.1 Å². The van der Waals surface area contributed by atoms with Crippen molar-refractivity contribution in [1.29, 1.82) is 0 Å². The minimum absolute atomic E-state index is 0.410. The topological polar surface area (TPSA) is 91.8 Å². The van der Waals surface area contributed by atoms with Crippen LogP contribution < -0.4 is 0 Å². The molecule has 0 aromatic heterocycles. The second kappa shape index (κ2) is 4.98. The summed E-state index contributed by atoms with van der Waals surface area (Å²) in [6.07, 6.45) is 2.54. The van der Waals surface area contributed by atoms with Crippen molar-refractivity contribution in [2.75, 3.05) is 13.1 Å². The van der Waals surface area contributed by atoms with Crippen molar-refractivity contribution in [3.63, 3.8) is 0 Å². The number of rotatable bonds is 4. The van der Waals surface area contributed by atoms with E-state index in [1.807, 2.05) is 0 Å². The number of sulfonamides is 1. The fraction of sp³-hybridized carbons (Fsp3) is 1.00. The third kappa shape index (κ3) is 2.68. The lowest BCUT2D eigenvalue weighted by atomic mass is 9.98. The summed E-state index contributed by atoms with van der Waals surface area (Å²) in [5.41, 5.74) is 0. The molecule has 19 heavy (non-hydrogen) atoms. The lowest BCUT2D eigenvalue weighted by Crippen LogP contribution is -2.60. The highest BCUT2D eigenvalue weighted by molar-refractivity contribution is 7.93. The van der Waals surface area contributed by atoms with Gasteiger partial charge in [-0.2, -0.15) is 8.42 Å². The van der Waals surface area contributed by atoms with Crippen molar-refractivity contribution in [2.24, 2.45) is 0 Å². The summed E-state index contributed by atoms with van der Waals surface area (Å²) in [7, 11) is -8.30. The Balaban J connectivity index is 3.25. The van der Waals surface area contributed by atoms with Crippen LogP contribution in [0.3, 0.4) is 0 Å². The maximum atomic E-state index is 12.7. The van der Waals surface area contributed by atoms with Gasteiger partial charge in [0.25, 0.3) is 10.1 Å². The van der Waals surface area contributed by atoms with Crippen molar-refractivity contribution in [2.45, 2.75) is 56.5 Å². The fourth-order valence-corrected chi connectivity index (χ4v) is 5.31. The molecule has 1 heterocycles. The highest BCUT2D eigenvalue weighted by Crippen LogP contribution is 2.38. The van der Waals surface area contributed by atoms with Gasteiger partial charge < -0.3 is 0 Å².